The van der Waals surface area contributed by atoms with E-state index in [1.807, 2.05) is 13.1 Å². The molecule has 1 aromatic rings. The van der Waals surface area contributed by atoms with E-state index < -0.39 is 5.60 Å². The maximum absolute atomic E-state index is 13.2. The Kier molecular flexibility index (Phi) is 4.86. The van der Waals surface area contributed by atoms with Crippen molar-refractivity contribution in [1.82, 2.24) is 9.78 Å². The maximum Gasteiger partial charge on any atom is 0.157 e. The highest BCUT2D eigenvalue weighted by Crippen LogP contribution is 2.63. The Morgan fingerprint density at radius 3 is 2.83 bits per heavy atom. The first-order chi connectivity index (χ1) is 13.8. The molecule has 7 atom stereocenters. The van der Waals surface area contributed by atoms with Crippen molar-refractivity contribution in [1.29, 1.82) is 0 Å². The van der Waals surface area contributed by atoms with Gasteiger partial charge in [0, 0.05) is 12.1 Å². The van der Waals surface area contributed by atoms with Crippen LogP contribution < -0.4 is 0 Å². The number of hydrogen-bond donors (Lipinski definition) is 1. The molecule has 0 saturated heterocycles. The van der Waals surface area contributed by atoms with Crippen LogP contribution in [0.4, 0.5) is 0 Å². The number of aromatic nitrogens is 2. The summed E-state index contributed by atoms with van der Waals surface area (Å²) >= 11 is 3.43. The fourth-order valence-electron chi connectivity index (χ4n) is 7.69. The molecule has 0 aromatic carbocycles. The first-order valence-electron chi connectivity index (χ1n) is 11.4. The predicted molar refractivity (Wildman–Crippen MR) is 116 cm³/mol. The minimum Gasteiger partial charge on any atom is -0.390 e. The summed E-state index contributed by atoms with van der Waals surface area (Å²) in [6.45, 7) is 4.81. The minimum absolute atomic E-state index is 0.147. The van der Waals surface area contributed by atoms with Gasteiger partial charge in [0.1, 0.15) is 0 Å². The van der Waals surface area contributed by atoms with Gasteiger partial charge in [0.2, 0.25) is 0 Å². The summed E-state index contributed by atoms with van der Waals surface area (Å²) in [7, 11) is 0. The molecule has 4 nitrogen and oxygen atoms in total. The Balaban J connectivity index is 1.34. The lowest BCUT2D eigenvalue weighted by Gasteiger charge is -2.54. The lowest BCUT2D eigenvalue weighted by atomic mass is 9.51. The third-order valence-corrected chi connectivity index (χ3v) is 9.43. The number of Topliss-reactive ketones (excluding diaryl/α,β-unsaturated/α-hetero) is 1. The van der Waals surface area contributed by atoms with E-state index in [0.29, 0.717) is 24.2 Å². The van der Waals surface area contributed by atoms with Crippen molar-refractivity contribution in [2.45, 2.75) is 77.4 Å². The summed E-state index contributed by atoms with van der Waals surface area (Å²) in [6, 6.07) is 0. The monoisotopic (exact) mass is 460 g/mol. The zero-order chi connectivity index (χ0) is 20.4. The van der Waals surface area contributed by atoms with Crippen LogP contribution in [0.25, 0.3) is 0 Å². The predicted octanol–water partition coefficient (Wildman–Crippen LogP) is 5.15. The standard InChI is InChI=1S/C24H33BrN2O2/c1-23(29)9-7-17-15(11-23)3-4-19-18(17)8-10-24(2)20(19)5-6-21(24)22(28)14-27-13-16(25)12-26-27/h3,12-13,17-21,29H,4-11,14H2,1-2H3. The molecule has 1 heterocycles. The van der Waals surface area contributed by atoms with E-state index in [1.165, 1.54) is 24.8 Å². The molecule has 5 rings (SSSR count). The number of carbonyl (C=O) groups is 1. The van der Waals surface area contributed by atoms with Gasteiger partial charge in [0.15, 0.2) is 5.78 Å². The first-order valence-corrected chi connectivity index (χ1v) is 12.2. The van der Waals surface area contributed by atoms with Crippen molar-refractivity contribution >= 4 is 21.7 Å². The molecule has 7 unspecified atom stereocenters. The SMILES string of the molecule is CC1(O)CCC2C(=CCC3C2CCC2(C)C(C(=O)Cn4cc(Br)cn4)CCC32)C1. The number of carbonyl (C=O) groups excluding carboxylic acids is 1. The maximum atomic E-state index is 13.2. The Morgan fingerprint density at radius 2 is 2.07 bits per heavy atom. The van der Waals surface area contributed by atoms with Crippen LogP contribution in [0.2, 0.25) is 0 Å². The van der Waals surface area contributed by atoms with Crippen molar-refractivity contribution < 1.29 is 9.90 Å². The number of rotatable bonds is 3. The molecule has 0 aliphatic heterocycles. The van der Waals surface area contributed by atoms with Gasteiger partial charge in [-0.1, -0.05) is 18.6 Å². The number of ketones is 1. The minimum atomic E-state index is -0.509. The normalized spacial score (nSPS) is 43.9. The molecule has 0 amide bonds. The van der Waals surface area contributed by atoms with E-state index >= 15 is 0 Å². The van der Waals surface area contributed by atoms with E-state index in [-0.39, 0.29) is 11.3 Å². The zero-order valence-electron chi connectivity index (χ0n) is 17.6. The van der Waals surface area contributed by atoms with Gasteiger partial charge in [-0.25, -0.2) is 0 Å². The second-order valence-electron chi connectivity index (χ2n) is 10.8. The van der Waals surface area contributed by atoms with Gasteiger partial charge in [-0.15, -0.1) is 0 Å². The zero-order valence-corrected chi connectivity index (χ0v) is 19.2. The molecule has 1 N–H and O–H groups in total. The lowest BCUT2D eigenvalue weighted by molar-refractivity contribution is -0.129. The summed E-state index contributed by atoms with van der Waals surface area (Å²) in [6.07, 6.45) is 14.9. The Morgan fingerprint density at radius 1 is 1.24 bits per heavy atom. The summed E-state index contributed by atoms with van der Waals surface area (Å²) in [5.41, 5.74) is 1.17. The smallest absolute Gasteiger partial charge is 0.157 e. The number of fused-ring (bicyclic) bond motifs is 5. The number of aliphatic hydroxyl groups is 1. The number of allylic oxidation sites excluding steroid dienone is 1. The van der Waals surface area contributed by atoms with E-state index in [4.69, 9.17) is 0 Å². The molecular formula is C24H33BrN2O2. The van der Waals surface area contributed by atoms with Crippen molar-refractivity contribution in [3.8, 4) is 0 Å². The third kappa shape index (κ3) is 3.37. The Bertz CT molecular complexity index is 844. The van der Waals surface area contributed by atoms with Gasteiger partial charge in [-0.2, -0.15) is 5.10 Å². The van der Waals surface area contributed by atoms with E-state index in [1.54, 1.807) is 10.9 Å². The van der Waals surface area contributed by atoms with Gasteiger partial charge in [0.05, 0.1) is 22.8 Å². The van der Waals surface area contributed by atoms with Crippen LogP contribution in [0, 0.1) is 35.0 Å². The molecule has 4 aliphatic rings. The van der Waals surface area contributed by atoms with Crippen LogP contribution in [-0.4, -0.2) is 26.3 Å². The van der Waals surface area contributed by atoms with Crippen LogP contribution in [0.15, 0.2) is 28.5 Å². The largest absolute Gasteiger partial charge is 0.390 e. The summed E-state index contributed by atoms with van der Waals surface area (Å²) in [4.78, 5) is 13.2. The second kappa shape index (κ2) is 7.05. The molecule has 1 aromatic heterocycles. The topological polar surface area (TPSA) is 55.1 Å². The summed E-state index contributed by atoms with van der Waals surface area (Å²) in [5, 5.41) is 14.8. The quantitative estimate of drug-likeness (QED) is 0.633. The van der Waals surface area contributed by atoms with Crippen LogP contribution in [0.3, 0.4) is 0 Å². The lowest BCUT2D eigenvalue weighted by Crippen LogP contribution is -2.48. The van der Waals surface area contributed by atoms with Gasteiger partial charge in [0.25, 0.3) is 0 Å². The summed E-state index contributed by atoms with van der Waals surface area (Å²) < 4.78 is 2.70. The number of halogens is 1. The van der Waals surface area contributed by atoms with Gasteiger partial charge >= 0.3 is 0 Å². The highest BCUT2D eigenvalue weighted by atomic mass is 79.9. The summed E-state index contributed by atoms with van der Waals surface area (Å²) in [5.74, 6) is 3.37. The van der Waals surface area contributed by atoms with Crippen molar-refractivity contribution in [2.24, 2.45) is 35.0 Å². The Hall–Kier alpha value is -0.940. The molecule has 4 aliphatic carbocycles. The molecule has 3 saturated carbocycles. The van der Waals surface area contributed by atoms with Gasteiger partial charge in [-0.3, -0.25) is 9.48 Å². The number of nitrogens with zero attached hydrogens (tertiary/aromatic N) is 2. The third-order valence-electron chi connectivity index (χ3n) is 9.02. The highest BCUT2D eigenvalue weighted by Gasteiger charge is 2.57. The van der Waals surface area contributed by atoms with Gasteiger partial charge < -0.3 is 5.11 Å². The molecule has 5 heteroatoms. The average Bonchev–Trinajstić information content (AvgIpc) is 3.22. The van der Waals surface area contributed by atoms with Crippen LogP contribution in [0.1, 0.15) is 65.2 Å². The fourth-order valence-corrected chi connectivity index (χ4v) is 8.02. The van der Waals surface area contributed by atoms with Crippen LogP contribution >= 0.6 is 15.9 Å². The van der Waals surface area contributed by atoms with Crippen LogP contribution in [0.5, 0.6) is 0 Å². The molecule has 0 radical (unpaired) electrons. The molecular weight excluding hydrogens is 428 g/mol. The van der Waals surface area contributed by atoms with E-state index in [0.717, 1.165) is 48.4 Å². The molecule has 3 fully saturated rings. The molecule has 158 valence electrons. The number of hydrogen-bond acceptors (Lipinski definition) is 3. The highest BCUT2D eigenvalue weighted by molar-refractivity contribution is 9.10. The molecule has 0 spiro atoms. The van der Waals surface area contributed by atoms with Crippen molar-refractivity contribution in [3.63, 3.8) is 0 Å². The van der Waals surface area contributed by atoms with E-state index in [9.17, 15) is 9.90 Å². The average molecular weight is 461 g/mol. The second-order valence-corrected chi connectivity index (χ2v) is 11.7. The van der Waals surface area contributed by atoms with E-state index in [2.05, 4.69) is 34.0 Å². The first kappa shape index (κ1) is 20.0. The van der Waals surface area contributed by atoms with Crippen LogP contribution in [-0.2, 0) is 11.3 Å². The molecule has 29 heavy (non-hydrogen) atoms. The Labute approximate surface area is 182 Å². The van der Waals surface area contributed by atoms with Gasteiger partial charge in [-0.05, 0) is 103 Å². The van der Waals surface area contributed by atoms with Crippen molar-refractivity contribution in [3.05, 3.63) is 28.5 Å². The van der Waals surface area contributed by atoms with Crippen molar-refractivity contribution in [2.75, 3.05) is 0 Å². The molecule has 0 bridgehead atoms. The fraction of sp³-hybridized carbons (Fsp3) is 0.750.